The van der Waals surface area contributed by atoms with Gasteiger partial charge in [-0.25, -0.2) is 0 Å². The molecule has 0 radical (unpaired) electrons. The van der Waals surface area contributed by atoms with Crippen molar-refractivity contribution in [2.24, 2.45) is 0 Å². The van der Waals surface area contributed by atoms with Gasteiger partial charge in [-0.15, -0.1) is 0 Å². The number of benzene rings is 2. The van der Waals surface area contributed by atoms with Gasteiger partial charge in [0.1, 0.15) is 0 Å². The summed E-state index contributed by atoms with van der Waals surface area (Å²) in [5.41, 5.74) is 5.85. The van der Waals surface area contributed by atoms with E-state index in [9.17, 15) is 0 Å². The summed E-state index contributed by atoms with van der Waals surface area (Å²) >= 11 is 7.72. The van der Waals surface area contributed by atoms with E-state index in [0.717, 1.165) is 32.9 Å². The van der Waals surface area contributed by atoms with Crippen LogP contribution in [0.2, 0.25) is 0 Å². The van der Waals surface area contributed by atoms with Gasteiger partial charge in [-0.3, -0.25) is 4.57 Å². The maximum Gasteiger partial charge on any atom is 0.226 e. The Kier molecular flexibility index (Phi) is 8.80. The second-order valence-corrected chi connectivity index (χ2v) is 21.3. The van der Waals surface area contributed by atoms with E-state index in [1.165, 1.54) is 11.1 Å². The average molecular weight is 573 g/mol. The van der Waals surface area contributed by atoms with E-state index in [4.69, 9.17) is 11.2 Å². The van der Waals surface area contributed by atoms with Gasteiger partial charge in [-0.1, -0.05) is 149 Å². The number of hydrogen-bond acceptors (Lipinski definition) is 1. The van der Waals surface area contributed by atoms with Gasteiger partial charge in [0, 0.05) is 10.6 Å². The Bertz CT molecular complexity index is 1100. The summed E-state index contributed by atoms with van der Waals surface area (Å²) in [7, 11) is 0. The van der Waals surface area contributed by atoms with E-state index in [1.807, 2.05) is 0 Å². The fraction of sp³-hybridized carbons (Fsp3) is 0.667. The van der Waals surface area contributed by atoms with Crippen LogP contribution in [0.25, 0.3) is 0 Å². The molecule has 1 nitrogen and oxygen atoms in total. The fourth-order valence-electron chi connectivity index (χ4n) is 5.15. The summed E-state index contributed by atoms with van der Waals surface area (Å²) in [6.07, 6.45) is 0. The van der Waals surface area contributed by atoms with Crippen molar-refractivity contribution in [1.82, 2.24) is 0 Å². The highest BCUT2D eigenvalue weighted by molar-refractivity contribution is 8.00. The fourth-order valence-corrected chi connectivity index (χ4v) is 9.31. The summed E-state index contributed by atoms with van der Waals surface area (Å²) in [6.45, 7) is 36.6. The Morgan fingerprint density at radius 1 is 0.410 bits per heavy atom. The van der Waals surface area contributed by atoms with E-state index in [0.29, 0.717) is 0 Å². The second-order valence-electron chi connectivity index (χ2n) is 17.9. The molecule has 0 aliphatic carbocycles. The Labute approximate surface area is 247 Å². The molecule has 0 N–H and O–H groups in total. The first-order chi connectivity index (χ1) is 16.9. The van der Waals surface area contributed by atoms with Crippen LogP contribution in [0.1, 0.15) is 158 Å². The van der Waals surface area contributed by atoms with Crippen LogP contribution in [0.5, 0.6) is 0 Å². The van der Waals surface area contributed by atoms with Crippen molar-refractivity contribution >= 4 is 28.3 Å². The molecule has 2 aromatic rings. The van der Waals surface area contributed by atoms with Crippen molar-refractivity contribution in [3.05, 3.63) is 57.6 Å². The van der Waals surface area contributed by atoms with Gasteiger partial charge in [0.25, 0.3) is 0 Å². The Hall–Kier alpha value is -1.04. The Morgan fingerprint density at radius 3 is 0.718 bits per heavy atom. The quantitative estimate of drug-likeness (QED) is 0.327. The molecule has 0 spiro atoms. The topological polar surface area (TPSA) is 17.1 Å². The molecule has 0 unspecified atom stereocenters. The molecular weight excluding hydrogens is 515 g/mol. The van der Waals surface area contributed by atoms with Gasteiger partial charge >= 0.3 is 0 Å². The monoisotopic (exact) mass is 572 g/mol. The molecule has 0 saturated carbocycles. The van der Waals surface area contributed by atoms with Crippen LogP contribution in [-0.2, 0) is 37.1 Å². The molecule has 0 aromatic heterocycles. The molecule has 220 valence electrons. The van der Waals surface area contributed by atoms with Gasteiger partial charge in [-0.05, 0) is 77.1 Å². The summed E-state index contributed by atoms with van der Waals surface area (Å²) in [5, 5.41) is 1.69. The zero-order valence-corrected chi connectivity index (χ0v) is 30.2. The van der Waals surface area contributed by atoms with Crippen LogP contribution < -0.4 is 10.6 Å². The number of hydrogen-bond donors (Lipinski definition) is 0. The standard InChI is InChI=1S/C36H58ClOP/c1-31(2,3)23-19-25(33(7,8)9)29(26(20-23)34(10,11)12)39(37,38)30-27(35(13,14)15)21-24(32(4,5)6)22-28(30)36(16,17)18/h19-22H,1-18H3. The summed E-state index contributed by atoms with van der Waals surface area (Å²) in [5.74, 6) is 0. The van der Waals surface area contributed by atoms with Crippen molar-refractivity contribution in [2.45, 2.75) is 157 Å². The zero-order valence-electron chi connectivity index (χ0n) is 28.5. The van der Waals surface area contributed by atoms with Crippen LogP contribution in [0.4, 0.5) is 0 Å². The number of rotatable bonds is 2. The predicted octanol–water partition coefficient (Wildman–Crippen LogP) is 10.9. The van der Waals surface area contributed by atoms with E-state index in [-0.39, 0.29) is 32.5 Å². The zero-order chi connectivity index (χ0) is 30.9. The van der Waals surface area contributed by atoms with Crippen molar-refractivity contribution in [1.29, 1.82) is 0 Å². The normalized spacial score (nSPS) is 14.6. The lowest BCUT2D eigenvalue weighted by Crippen LogP contribution is -2.38. The number of halogens is 1. The molecule has 0 saturated heterocycles. The molecule has 0 aliphatic rings. The van der Waals surface area contributed by atoms with Gasteiger partial charge in [0.15, 0.2) is 0 Å². The molecule has 0 fully saturated rings. The first kappa shape index (κ1) is 34.2. The Balaban J connectivity index is 3.35. The third-order valence-corrected chi connectivity index (χ3v) is 10.9. The highest BCUT2D eigenvalue weighted by Gasteiger charge is 2.43. The van der Waals surface area contributed by atoms with Crippen molar-refractivity contribution < 1.29 is 4.57 Å². The average Bonchev–Trinajstić information content (AvgIpc) is 2.67. The lowest BCUT2D eigenvalue weighted by atomic mass is 9.75. The summed E-state index contributed by atoms with van der Waals surface area (Å²) in [4.78, 5) is 0. The molecule has 0 aliphatic heterocycles. The van der Waals surface area contributed by atoms with Crippen LogP contribution >= 0.6 is 17.7 Å². The van der Waals surface area contributed by atoms with Crippen molar-refractivity contribution in [2.75, 3.05) is 0 Å². The third kappa shape index (κ3) is 7.25. The van der Waals surface area contributed by atoms with E-state index in [2.05, 4.69) is 149 Å². The lowest BCUT2D eigenvalue weighted by Gasteiger charge is -2.38. The van der Waals surface area contributed by atoms with E-state index < -0.39 is 6.49 Å². The molecule has 2 aromatic carbocycles. The molecule has 0 atom stereocenters. The maximum atomic E-state index is 15.8. The van der Waals surface area contributed by atoms with Gasteiger partial charge < -0.3 is 0 Å². The van der Waals surface area contributed by atoms with E-state index in [1.54, 1.807) is 0 Å². The minimum atomic E-state index is -3.61. The van der Waals surface area contributed by atoms with Crippen LogP contribution in [0.15, 0.2) is 24.3 Å². The maximum absolute atomic E-state index is 15.8. The summed E-state index contributed by atoms with van der Waals surface area (Å²) in [6, 6.07) is 9.15. The van der Waals surface area contributed by atoms with Crippen LogP contribution in [0, 0.1) is 0 Å². The minimum Gasteiger partial charge on any atom is -0.296 e. The summed E-state index contributed by atoms with van der Waals surface area (Å²) < 4.78 is 15.8. The SMILES string of the molecule is CC(C)(C)c1cc(C(C)(C)C)c(P(=O)(Cl)c2c(C(C)(C)C)cc(C(C)(C)C)cc2C(C)(C)C)c(C(C)(C)C)c1. The van der Waals surface area contributed by atoms with Gasteiger partial charge in [0.05, 0.1) is 0 Å². The molecule has 0 bridgehead atoms. The molecule has 0 amide bonds. The third-order valence-electron chi connectivity index (χ3n) is 7.76. The highest BCUT2D eigenvalue weighted by atomic mass is 35.7. The van der Waals surface area contributed by atoms with Crippen LogP contribution in [-0.4, -0.2) is 0 Å². The van der Waals surface area contributed by atoms with Gasteiger partial charge in [0.2, 0.25) is 6.49 Å². The lowest BCUT2D eigenvalue weighted by molar-refractivity contribution is 0.547. The molecule has 39 heavy (non-hydrogen) atoms. The molecule has 3 heteroatoms. The van der Waals surface area contributed by atoms with Crippen molar-refractivity contribution in [3.63, 3.8) is 0 Å². The molecule has 0 heterocycles. The highest BCUT2D eigenvalue weighted by Crippen LogP contribution is 2.57. The smallest absolute Gasteiger partial charge is 0.226 e. The van der Waals surface area contributed by atoms with Gasteiger partial charge in [-0.2, -0.15) is 0 Å². The predicted molar refractivity (Wildman–Crippen MR) is 178 cm³/mol. The first-order valence-corrected chi connectivity index (χ1v) is 17.2. The molecular formula is C36H58ClOP. The second kappa shape index (κ2) is 10.1. The first-order valence-electron chi connectivity index (χ1n) is 14.6. The largest absolute Gasteiger partial charge is 0.296 e. The van der Waals surface area contributed by atoms with E-state index >= 15 is 4.57 Å². The Morgan fingerprint density at radius 2 is 0.590 bits per heavy atom. The van der Waals surface area contributed by atoms with Crippen LogP contribution in [0.3, 0.4) is 0 Å². The molecule has 2 rings (SSSR count). The minimum absolute atomic E-state index is 0.0453. The van der Waals surface area contributed by atoms with Crippen molar-refractivity contribution in [3.8, 4) is 0 Å².